The fraction of sp³-hybridized carbons (Fsp3) is 0.154. The van der Waals surface area contributed by atoms with Crippen LogP contribution in [-0.2, 0) is 0 Å². The van der Waals surface area contributed by atoms with Crippen molar-refractivity contribution in [3.05, 3.63) is 82.6 Å². The van der Waals surface area contributed by atoms with E-state index < -0.39 is 5.91 Å². The highest BCUT2D eigenvalue weighted by Crippen LogP contribution is 2.27. The van der Waals surface area contributed by atoms with Gasteiger partial charge in [0.15, 0.2) is 5.11 Å². The van der Waals surface area contributed by atoms with Crippen molar-refractivity contribution in [1.29, 1.82) is 0 Å². The maximum atomic E-state index is 13.2. The molecular formula is C26H24N4O3S2. The van der Waals surface area contributed by atoms with E-state index in [9.17, 15) is 9.59 Å². The van der Waals surface area contributed by atoms with Gasteiger partial charge in [-0.2, -0.15) is 0 Å². The molecule has 178 valence electrons. The van der Waals surface area contributed by atoms with Crippen LogP contribution in [0.15, 0.2) is 72.1 Å². The summed E-state index contributed by atoms with van der Waals surface area (Å²) in [7, 11) is 0. The molecule has 2 heterocycles. The molecule has 0 atom stereocenters. The van der Waals surface area contributed by atoms with Crippen LogP contribution in [0.2, 0.25) is 0 Å². The Kier molecular flexibility index (Phi) is 7.69. The van der Waals surface area contributed by atoms with Crippen LogP contribution >= 0.6 is 23.6 Å². The van der Waals surface area contributed by atoms with Crippen LogP contribution in [0.4, 0.5) is 0 Å². The topological polar surface area (TPSA) is 92.4 Å². The van der Waals surface area contributed by atoms with Crippen molar-refractivity contribution in [2.24, 2.45) is 5.92 Å². The number of benzene rings is 2. The Labute approximate surface area is 212 Å². The molecule has 0 fully saturated rings. The lowest BCUT2D eigenvalue weighted by Crippen LogP contribution is -2.48. The van der Waals surface area contributed by atoms with E-state index >= 15 is 0 Å². The number of hydrazine groups is 1. The van der Waals surface area contributed by atoms with Crippen molar-refractivity contribution in [2.75, 3.05) is 6.61 Å². The third-order valence-corrected chi connectivity index (χ3v) is 6.01. The highest BCUT2D eigenvalue weighted by molar-refractivity contribution is 7.80. The van der Waals surface area contributed by atoms with E-state index in [0.717, 1.165) is 11.3 Å². The monoisotopic (exact) mass is 504 g/mol. The molecule has 35 heavy (non-hydrogen) atoms. The Balaban J connectivity index is 1.55. The second-order valence-corrected chi connectivity index (χ2v) is 9.50. The van der Waals surface area contributed by atoms with Crippen LogP contribution in [0.1, 0.15) is 33.9 Å². The van der Waals surface area contributed by atoms with E-state index in [0.29, 0.717) is 39.6 Å². The minimum absolute atomic E-state index is 0.0218. The largest absolute Gasteiger partial charge is 0.493 e. The number of fused-ring (bicyclic) bond motifs is 1. The maximum Gasteiger partial charge on any atom is 0.279 e. The van der Waals surface area contributed by atoms with Gasteiger partial charge >= 0.3 is 0 Å². The molecule has 7 nitrogen and oxygen atoms in total. The zero-order valence-corrected chi connectivity index (χ0v) is 20.8. The molecule has 9 heteroatoms. The van der Waals surface area contributed by atoms with Crippen LogP contribution in [-0.4, -0.2) is 28.5 Å². The molecule has 0 radical (unpaired) electrons. The van der Waals surface area contributed by atoms with E-state index in [1.54, 1.807) is 23.6 Å². The van der Waals surface area contributed by atoms with E-state index in [1.807, 2.05) is 48.5 Å². The number of nitrogens with zero attached hydrogens (tertiary/aromatic N) is 1. The Hall–Kier alpha value is -3.82. The minimum atomic E-state index is -0.417. The van der Waals surface area contributed by atoms with E-state index in [4.69, 9.17) is 21.9 Å². The fourth-order valence-corrected chi connectivity index (χ4v) is 4.07. The number of thiophene rings is 1. The molecule has 2 aromatic carbocycles. The molecule has 2 aromatic heterocycles. The number of carbonyl (C=O) groups is 2. The number of rotatable bonds is 6. The van der Waals surface area contributed by atoms with Crippen molar-refractivity contribution >= 4 is 51.4 Å². The lowest BCUT2D eigenvalue weighted by atomic mass is 10.0. The van der Waals surface area contributed by atoms with Crippen LogP contribution < -0.4 is 20.9 Å². The van der Waals surface area contributed by atoms with Gasteiger partial charge in [-0.05, 0) is 53.8 Å². The summed E-state index contributed by atoms with van der Waals surface area (Å²) in [5.74, 6) is 0.386. The minimum Gasteiger partial charge on any atom is -0.493 e. The second kappa shape index (κ2) is 11.1. The molecule has 2 amide bonds. The normalized spacial score (nSPS) is 10.7. The Morgan fingerprint density at radius 3 is 2.60 bits per heavy atom. The summed E-state index contributed by atoms with van der Waals surface area (Å²) in [6.07, 6.45) is 0. The average molecular weight is 505 g/mol. The van der Waals surface area contributed by atoms with Crippen molar-refractivity contribution < 1.29 is 14.3 Å². The summed E-state index contributed by atoms with van der Waals surface area (Å²) in [5, 5.41) is 5.09. The Morgan fingerprint density at radius 1 is 1.00 bits per heavy atom. The van der Waals surface area contributed by atoms with Gasteiger partial charge in [-0.25, -0.2) is 4.98 Å². The van der Waals surface area contributed by atoms with E-state index in [1.165, 1.54) is 11.3 Å². The van der Waals surface area contributed by atoms with Crippen molar-refractivity contribution in [3.8, 4) is 17.0 Å². The standard InChI is InChI=1S/C26H24N4O3S2/c1-16(2)15-33-18-8-5-7-17(13-18)22-14-20(19-9-3-4-10-21(19)27-22)24(31)28-26(34)30-29-25(32)23-11-6-12-35-23/h3-14,16H,15H2,1-2H3,(H,29,32)(H2,28,30,31,34). The van der Waals surface area contributed by atoms with Gasteiger partial charge in [0.1, 0.15) is 5.75 Å². The molecule has 0 bridgehead atoms. The fourth-order valence-electron chi connectivity index (χ4n) is 3.30. The first kappa shape index (κ1) is 24.3. The molecule has 0 saturated heterocycles. The summed E-state index contributed by atoms with van der Waals surface area (Å²) in [6.45, 7) is 4.79. The van der Waals surface area contributed by atoms with E-state index in [2.05, 4.69) is 30.0 Å². The maximum absolute atomic E-state index is 13.2. The summed E-state index contributed by atoms with van der Waals surface area (Å²) in [5.41, 5.74) is 7.60. The first-order valence-electron chi connectivity index (χ1n) is 11.0. The summed E-state index contributed by atoms with van der Waals surface area (Å²) in [6, 6.07) is 20.2. The molecule has 0 aliphatic rings. The molecule has 4 aromatic rings. The number of hydrogen-bond acceptors (Lipinski definition) is 6. The second-order valence-electron chi connectivity index (χ2n) is 8.14. The first-order valence-corrected chi connectivity index (χ1v) is 12.3. The molecule has 0 spiro atoms. The number of amides is 2. The lowest BCUT2D eigenvalue weighted by molar-refractivity contribution is 0.0938. The van der Waals surface area contributed by atoms with Gasteiger partial charge in [0.05, 0.1) is 28.3 Å². The SMILES string of the molecule is CC(C)COc1cccc(-c2cc(C(=O)NC(=S)NNC(=O)c3cccs3)c3ccccc3n2)c1. The van der Waals surface area contributed by atoms with Gasteiger partial charge in [0.25, 0.3) is 11.8 Å². The predicted molar refractivity (Wildman–Crippen MR) is 142 cm³/mol. The number of para-hydroxylation sites is 1. The van der Waals surface area contributed by atoms with Crippen molar-refractivity contribution in [1.82, 2.24) is 21.2 Å². The lowest BCUT2D eigenvalue weighted by Gasteiger charge is -2.13. The van der Waals surface area contributed by atoms with Gasteiger partial charge in [-0.1, -0.05) is 50.2 Å². The van der Waals surface area contributed by atoms with Gasteiger partial charge in [-0.15, -0.1) is 11.3 Å². The van der Waals surface area contributed by atoms with Gasteiger partial charge in [-0.3, -0.25) is 25.8 Å². The third kappa shape index (κ3) is 6.20. The van der Waals surface area contributed by atoms with Crippen LogP contribution in [0.25, 0.3) is 22.2 Å². The Bertz CT molecular complexity index is 1370. The zero-order valence-electron chi connectivity index (χ0n) is 19.2. The quantitative estimate of drug-likeness (QED) is 0.254. The number of thiocarbonyl (C=S) groups is 1. The molecule has 3 N–H and O–H groups in total. The third-order valence-electron chi connectivity index (χ3n) is 4.94. The van der Waals surface area contributed by atoms with Gasteiger partial charge < -0.3 is 4.74 Å². The summed E-state index contributed by atoms with van der Waals surface area (Å²) < 4.78 is 5.85. The van der Waals surface area contributed by atoms with Crippen LogP contribution in [0.5, 0.6) is 5.75 Å². The number of aromatic nitrogens is 1. The summed E-state index contributed by atoms with van der Waals surface area (Å²) >= 11 is 6.51. The average Bonchev–Trinajstić information content (AvgIpc) is 3.41. The Morgan fingerprint density at radius 2 is 1.83 bits per heavy atom. The van der Waals surface area contributed by atoms with Crippen LogP contribution in [0, 0.1) is 5.92 Å². The molecule has 0 aliphatic carbocycles. The van der Waals surface area contributed by atoms with Crippen molar-refractivity contribution in [3.63, 3.8) is 0 Å². The smallest absolute Gasteiger partial charge is 0.279 e. The van der Waals surface area contributed by atoms with Crippen molar-refractivity contribution in [2.45, 2.75) is 13.8 Å². The highest BCUT2D eigenvalue weighted by atomic mass is 32.1. The molecule has 0 unspecified atom stereocenters. The number of pyridine rings is 1. The van der Waals surface area contributed by atoms with Crippen LogP contribution in [0.3, 0.4) is 0 Å². The molecule has 0 saturated carbocycles. The van der Waals surface area contributed by atoms with Gasteiger partial charge in [0, 0.05) is 10.9 Å². The summed E-state index contributed by atoms with van der Waals surface area (Å²) in [4.78, 5) is 30.5. The number of carbonyl (C=O) groups excluding carboxylic acids is 2. The zero-order chi connectivity index (χ0) is 24.8. The molecule has 4 rings (SSSR count). The first-order chi connectivity index (χ1) is 16.9. The molecule has 0 aliphatic heterocycles. The number of nitrogens with one attached hydrogen (secondary N) is 3. The number of hydrogen-bond donors (Lipinski definition) is 3. The number of ether oxygens (including phenoxy) is 1. The van der Waals surface area contributed by atoms with Gasteiger partial charge in [0.2, 0.25) is 0 Å². The van der Waals surface area contributed by atoms with E-state index in [-0.39, 0.29) is 11.0 Å². The highest BCUT2D eigenvalue weighted by Gasteiger charge is 2.16. The molecular weight excluding hydrogens is 480 g/mol. The predicted octanol–water partition coefficient (Wildman–Crippen LogP) is 4.95.